The van der Waals surface area contributed by atoms with Crippen LogP contribution in [-0.2, 0) is 11.2 Å². The fourth-order valence-corrected chi connectivity index (χ4v) is 2.38. The third kappa shape index (κ3) is 5.62. The highest BCUT2D eigenvalue weighted by atomic mass is 16.5. The number of hydrogen-bond acceptors (Lipinski definition) is 4. The van der Waals surface area contributed by atoms with Gasteiger partial charge in [0.1, 0.15) is 0 Å². The summed E-state index contributed by atoms with van der Waals surface area (Å²) < 4.78 is 10.7. The summed E-state index contributed by atoms with van der Waals surface area (Å²) in [6.07, 6.45) is 4.26. The first-order valence-corrected chi connectivity index (χ1v) is 8.74. The number of hydrogen-bond donors (Lipinski definition) is 1. The van der Waals surface area contributed by atoms with Crippen molar-refractivity contribution in [2.75, 3.05) is 7.11 Å². The van der Waals surface area contributed by atoms with Gasteiger partial charge in [-0.2, -0.15) is 0 Å². The highest BCUT2D eigenvalue weighted by Crippen LogP contribution is 2.28. The van der Waals surface area contributed by atoms with Crippen LogP contribution in [0, 0.1) is 0 Å². The van der Waals surface area contributed by atoms with E-state index < -0.39 is 12.1 Å². The van der Waals surface area contributed by atoms with Gasteiger partial charge in [0.15, 0.2) is 17.6 Å². The van der Waals surface area contributed by atoms with Crippen molar-refractivity contribution in [2.24, 2.45) is 4.99 Å². The van der Waals surface area contributed by atoms with Gasteiger partial charge in [0, 0.05) is 6.21 Å². The van der Waals surface area contributed by atoms with Crippen molar-refractivity contribution in [3.8, 4) is 11.5 Å². The lowest BCUT2D eigenvalue weighted by Crippen LogP contribution is -2.23. The molecule has 5 nitrogen and oxygen atoms in total. The number of carboxylic acid groups (broad SMARTS) is 1. The van der Waals surface area contributed by atoms with Crippen LogP contribution < -0.4 is 9.47 Å². The molecule has 0 unspecified atom stereocenters. The molecule has 0 heterocycles. The van der Waals surface area contributed by atoms with E-state index in [1.165, 1.54) is 32.4 Å². The first-order chi connectivity index (χ1) is 12.5. The molecule has 0 spiro atoms. The molecule has 0 aliphatic rings. The smallest absolute Gasteiger partial charge is 0.344 e. The largest absolute Gasteiger partial charge is 0.493 e. The van der Waals surface area contributed by atoms with Gasteiger partial charge in [0.05, 0.1) is 12.8 Å². The Morgan fingerprint density at radius 3 is 2.54 bits per heavy atom. The molecule has 2 rings (SSSR count). The Hall–Kier alpha value is -2.82. The first-order valence-electron chi connectivity index (χ1n) is 8.74. The third-order valence-electron chi connectivity index (χ3n) is 3.96. The molecule has 26 heavy (non-hydrogen) atoms. The lowest BCUT2D eigenvalue weighted by Gasteiger charge is -2.14. The zero-order valence-electron chi connectivity index (χ0n) is 15.4. The molecule has 0 aromatic heterocycles. The van der Waals surface area contributed by atoms with Crippen molar-refractivity contribution in [1.82, 2.24) is 0 Å². The van der Waals surface area contributed by atoms with Crippen LogP contribution in [0.3, 0.4) is 0 Å². The van der Waals surface area contributed by atoms with Gasteiger partial charge in [-0.15, -0.1) is 0 Å². The molecule has 0 saturated carbocycles. The number of aryl methyl sites for hydroxylation is 1. The molecule has 2 aromatic carbocycles. The van der Waals surface area contributed by atoms with Gasteiger partial charge in [-0.05, 0) is 61.2 Å². The minimum Gasteiger partial charge on any atom is -0.493 e. The first kappa shape index (κ1) is 19.5. The molecular formula is C21H25NO4. The van der Waals surface area contributed by atoms with Gasteiger partial charge in [0.25, 0.3) is 0 Å². The van der Waals surface area contributed by atoms with Crippen LogP contribution in [0.15, 0.2) is 47.5 Å². The summed E-state index contributed by atoms with van der Waals surface area (Å²) in [5, 5.41) is 8.95. The monoisotopic (exact) mass is 355 g/mol. The molecule has 0 saturated heterocycles. The van der Waals surface area contributed by atoms with Crippen LogP contribution in [-0.4, -0.2) is 30.5 Å². The van der Waals surface area contributed by atoms with E-state index in [0.29, 0.717) is 11.5 Å². The van der Waals surface area contributed by atoms with Crippen molar-refractivity contribution in [3.63, 3.8) is 0 Å². The highest BCUT2D eigenvalue weighted by Gasteiger charge is 2.15. The molecule has 0 fully saturated rings. The summed E-state index contributed by atoms with van der Waals surface area (Å²) in [7, 11) is 1.52. The van der Waals surface area contributed by atoms with Crippen molar-refractivity contribution in [3.05, 3.63) is 53.6 Å². The van der Waals surface area contributed by atoms with Crippen LogP contribution in [0.2, 0.25) is 0 Å². The number of rotatable bonds is 9. The Bertz CT molecular complexity index is 753. The summed E-state index contributed by atoms with van der Waals surface area (Å²) in [4.78, 5) is 15.4. The Morgan fingerprint density at radius 1 is 1.19 bits per heavy atom. The number of nitrogens with zero attached hydrogens (tertiary/aromatic N) is 1. The number of aliphatic imine (C=N–C) groups is 1. The summed E-state index contributed by atoms with van der Waals surface area (Å²) in [6.45, 7) is 3.66. The fourth-order valence-electron chi connectivity index (χ4n) is 2.38. The molecule has 5 heteroatoms. The van der Waals surface area contributed by atoms with Crippen LogP contribution in [0.5, 0.6) is 11.5 Å². The minimum atomic E-state index is -1.03. The number of unbranched alkanes of at least 4 members (excludes halogenated alkanes) is 1. The Balaban J connectivity index is 2.09. The van der Waals surface area contributed by atoms with Crippen LogP contribution in [0.4, 0.5) is 5.69 Å². The summed E-state index contributed by atoms with van der Waals surface area (Å²) in [5.74, 6) is -0.170. The number of aliphatic carboxylic acids is 1. The van der Waals surface area contributed by atoms with Crippen molar-refractivity contribution in [2.45, 2.75) is 39.2 Å². The Morgan fingerprint density at radius 2 is 1.92 bits per heavy atom. The van der Waals surface area contributed by atoms with E-state index >= 15 is 0 Å². The van der Waals surface area contributed by atoms with E-state index in [2.05, 4.69) is 24.0 Å². The maximum absolute atomic E-state index is 10.9. The highest BCUT2D eigenvalue weighted by molar-refractivity contribution is 5.83. The van der Waals surface area contributed by atoms with Crippen LogP contribution in [0.25, 0.3) is 0 Å². The second kappa shape index (κ2) is 9.61. The van der Waals surface area contributed by atoms with Crippen molar-refractivity contribution in [1.29, 1.82) is 0 Å². The predicted molar refractivity (Wildman–Crippen MR) is 103 cm³/mol. The van der Waals surface area contributed by atoms with E-state index in [1.807, 2.05) is 18.2 Å². The molecule has 138 valence electrons. The van der Waals surface area contributed by atoms with Gasteiger partial charge >= 0.3 is 5.97 Å². The van der Waals surface area contributed by atoms with Gasteiger partial charge < -0.3 is 14.6 Å². The maximum atomic E-state index is 10.9. The number of carboxylic acids is 1. The number of methoxy groups -OCH3 is 1. The molecule has 2 aromatic rings. The average molecular weight is 355 g/mol. The molecule has 1 atom stereocenters. The van der Waals surface area contributed by atoms with E-state index in [9.17, 15) is 4.79 Å². The molecular weight excluding hydrogens is 330 g/mol. The third-order valence-corrected chi connectivity index (χ3v) is 3.96. The molecule has 0 radical (unpaired) electrons. The normalized spacial score (nSPS) is 12.1. The fraction of sp³-hybridized carbons (Fsp3) is 0.333. The average Bonchev–Trinajstić information content (AvgIpc) is 2.66. The van der Waals surface area contributed by atoms with Crippen LogP contribution >= 0.6 is 0 Å². The second-order valence-electron chi connectivity index (χ2n) is 6.04. The molecule has 0 aliphatic heterocycles. The summed E-state index contributed by atoms with van der Waals surface area (Å²) in [6, 6.07) is 13.5. The molecule has 0 bridgehead atoms. The predicted octanol–water partition coefficient (Wildman–Crippen LogP) is 4.64. The van der Waals surface area contributed by atoms with E-state index in [4.69, 9.17) is 14.6 Å². The zero-order valence-corrected chi connectivity index (χ0v) is 15.4. The van der Waals surface area contributed by atoms with Crippen molar-refractivity contribution < 1.29 is 19.4 Å². The topological polar surface area (TPSA) is 68.1 Å². The van der Waals surface area contributed by atoms with Gasteiger partial charge in [-0.3, -0.25) is 4.99 Å². The lowest BCUT2D eigenvalue weighted by atomic mass is 10.1. The second-order valence-corrected chi connectivity index (χ2v) is 6.04. The lowest BCUT2D eigenvalue weighted by molar-refractivity contribution is -0.144. The summed E-state index contributed by atoms with van der Waals surface area (Å²) >= 11 is 0. The zero-order chi connectivity index (χ0) is 18.9. The number of ether oxygens (including phenoxy) is 2. The van der Waals surface area contributed by atoms with E-state index in [1.54, 1.807) is 18.3 Å². The molecule has 0 amide bonds. The van der Waals surface area contributed by atoms with Gasteiger partial charge in [0.2, 0.25) is 0 Å². The maximum Gasteiger partial charge on any atom is 0.344 e. The summed E-state index contributed by atoms with van der Waals surface area (Å²) in [5.41, 5.74) is 3.04. The minimum absolute atomic E-state index is 0.389. The standard InChI is InChI=1S/C21H25NO4/c1-4-5-6-16-7-10-18(11-8-16)22-14-17-9-12-19(20(13-17)25-3)26-15(2)21(23)24/h7-15H,4-6H2,1-3H3,(H,23,24)/t15-/m1/s1. The Kier molecular flexibility index (Phi) is 7.21. The molecule has 0 aliphatic carbocycles. The van der Waals surface area contributed by atoms with E-state index in [0.717, 1.165) is 17.7 Å². The number of carbonyl (C=O) groups is 1. The SMILES string of the molecule is CCCCc1ccc(N=Cc2ccc(O[C@H](C)C(=O)O)c(OC)c2)cc1. The van der Waals surface area contributed by atoms with Crippen molar-refractivity contribution >= 4 is 17.9 Å². The van der Waals surface area contributed by atoms with E-state index in [-0.39, 0.29) is 0 Å². The number of benzene rings is 2. The quantitative estimate of drug-likeness (QED) is 0.665. The van der Waals surface area contributed by atoms with Crippen LogP contribution in [0.1, 0.15) is 37.8 Å². The van der Waals surface area contributed by atoms with Gasteiger partial charge in [-0.25, -0.2) is 4.79 Å². The van der Waals surface area contributed by atoms with Gasteiger partial charge in [-0.1, -0.05) is 25.5 Å². The molecule has 1 N–H and O–H groups in total. The Labute approximate surface area is 154 Å².